The lowest BCUT2D eigenvalue weighted by molar-refractivity contribution is -0.107. The molecule has 19 heavy (non-hydrogen) atoms. The molecule has 0 aliphatic rings. The first kappa shape index (κ1) is 13.6. The number of carbonyl (C=O) groups is 2. The van der Waals surface area contributed by atoms with E-state index in [9.17, 15) is 9.59 Å². The number of Topliss-reactive ketones (excluding diaryl/α,β-unsaturated/α-hetero) is 1. The summed E-state index contributed by atoms with van der Waals surface area (Å²) in [4.78, 5) is 23.6. The second kappa shape index (κ2) is 6.34. The second-order valence-corrected chi connectivity index (χ2v) is 5.21. The fraction of sp³-hybridized carbons (Fsp3) is 0.125. The largest absolute Gasteiger partial charge is 0.284 e. The molecular formula is C16H14O2S. The fourth-order valence-corrected chi connectivity index (χ4v) is 2.35. The minimum atomic E-state index is -0.433. The summed E-state index contributed by atoms with van der Waals surface area (Å²) in [5.41, 5.74) is 2.68. The highest BCUT2D eigenvalue weighted by Crippen LogP contribution is 2.16. The van der Waals surface area contributed by atoms with E-state index in [2.05, 4.69) is 0 Å². The summed E-state index contributed by atoms with van der Waals surface area (Å²) < 4.78 is 0. The molecule has 2 aromatic rings. The highest BCUT2D eigenvalue weighted by Gasteiger charge is 2.16. The van der Waals surface area contributed by atoms with Crippen LogP contribution in [0.3, 0.4) is 0 Å². The Morgan fingerprint density at radius 2 is 1.58 bits per heavy atom. The van der Waals surface area contributed by atoms with Crippen LogP contribution in [0.4, 0.5) is 0 Å². The molecule has 0 atom stereocenters. The molecule has 0 fully saturated rings. The Labute approximate surface area is 116 Å². The standard InChI is InChI=1S/C16H14O2S/c1-12-7-9-13(10-8-12)11-19-16(18)15(17)14-5-3-2-4-6-14/h2-10H,11H2,1H3. The maximum atomic E-state index is 11.8. The number of thioether (sulfide) groups is 1. The Hall–Kier alpha value is -1.87. The predicted molar refractivity (Wildman–Crippen MR) is 78.3 cm³/mol. The van der Waals surface area contributed by atoms with Crippen molar-refractivity contribution in [2.45, 2.75) is 12.7 Å². The first-order valence-corrected chi connectivity index (χ1v) is 6.97. The quantitative estimate of drug-likeness (QED) is 0.628. The Morgan fingerprint density at radius 1 is 0.947 bits per heavy atom. The SMILES string of the molecule is Cc1ccc(CSC(=O)C(=O)c2ccccc2)cc1. The third kappa shape index (κ3) is 3.80. The van der Waals surface area contributed by atoms with Gasteiger partial charge in [0.25, 0.3) is 5.12 Å². The third-order valence-electron chi connectivity index (χ3n) is 2.71. The topological polar surface area (TPSA) is 34.1 Å². The van der Waals surface area contributed by atoms with Gasteiger partial charge in [0, 0.05) is 11.3 Å². The summed E-state index contributed by atoms with van der Waals surface area (Å²) in [5.74, 6) is 0.0928. The van der Waals surface area contributed by atoms with Gasteiger partial charge in [-0.2, -0.15) is 0 Å². The molecule has 3 heteroatoms. The van der Waals surface area contributed by atoms with Crippen molar-refractivity contribution >= 4 is 22.7 Å². The molecule has 2 nitrogen and oxygen atoms in total. The van der Waals surface area contributed by atoms with Crippen molar-refractivity contribution in [2.75, 3.05) is 0 Å². The van der Waals surface area contributed by atoms with E-state index in [4.69, 9.17) is 0 Å². The van der Waals surface area contributed by atoms with E-state index in [0.29, 0.717) is 11.3 Å². The molecule has 0 saturated carbocycles. The van der Waals surface area contributed by atoms with Crippen LogP contribution >= 0.6 is 11.8 Å². The summed E-state index contributed by atoms with van der Waals surface area (Å²) >= 11 is 1.05. The van der Waals surface area contributed by atoms with Gasteiger partial charge in [-0.3, -0.25) is 9.59 Å². The lowest BCUT2D eigenvalue weighted by Gasteiger charge is -2.01. The third-order valence-corrected chi connectivity index (χ3v) is 3.64. The van der Waals surface area contributed by atoms with E-state index < -0.39 is 10.9 Å². The maximum Gasteiger partial charge on any atom is 0.260 e. The van der Waals surface area contributed by atoms with Gasteiger partial charge in [0.2, 0.25) is 5.78 Å². The zero-order valence-corrected chi connectivity index (χ0v) is 11.4. The summed E-state index contributed by atoms with van der Waals surface area (Å²) in [5, 5.41) is -0.410. The van der Waals surface area contributed by atoms with Crippen molar-refractivity contribution in [1.29, 1.82) is 0 Å². The molecule has 0 amide bonds. The van der Waals surface area contributed by atoms with E-state index >= 15 is 0 Å². The van der Waals surface area contributed by atoms with Crippen molar-refractivity contribution in [3.05, 3.63) is 71.3 Å². The zero-order valence-electron chi connectivity index (χ0n) is 10.6. The second-order valence-electron chi connectivity index (χ2n) is 4.26. The van der Waals surface area contributed by atoms with E-state index in [-0.39, 0.29) is 0 Å². The molecule has 2 aromatic carbocycles. The zero-order chi connectivity index (χ0) is 13.7. The number of aryl methyl sites for hydroxylation is 1. The van der Waals surface area contributed by atoms with Crippen LogP contribution in [-0.2, 0) is 10.5 Å². The van der Waals surface area contributed by atoms with Crippen molar-refractivity contribution in [1.82, 2.24) is 0 Å². The van der Waals surface area contributed by atoms with E-state index in [0.717, 1.165) is 17.3 Å². The average Bonchev–Trinajstić information content (AvgIpc) is 2.46. The number of carbonyl (C=O) groups excluding carboxylic acids is 2. The van der Waals surface area contributed by atoms with Crippen LogP contribution in [0.25, 0.3) is 0 Å². The molecule has 0 N–H and O–H groups in total. The van der Waals surface area contributed by atoms with Gasteiger partial charge in [-0.05, 0) is 12.5 Å². The molecule has 0 aliphatic heterocycles. The van der Waals surface area contributed by atoms with Gasteiger partial charge in [0.15, 0.2) is 0 Å². The number of hydrogen-bond donors (Lipinski definition) is 0. The maximum absolute atomic E-state index is 11.8. The minimum Gasteiger partial charge on any atom is -0.284 e. The van der Waals surface area contributed by atoms with E-state index in [1.165, 1.54) is 5.56 Å². The summed E-state index contributed by atoms with van der Waals surface area (Å²) in [6.07, 6.45) is 0. The van der Waals surface area contributed by atoms with Gasteiger partial charge in [-0.1, -0.05) is 71.9 Å². The molecule has 0 radical (unpaired) electrons. The van der Waals surface area contributed by atoms with E-state index in [1.54, 1.807) is 24.3 Å². The molecule has 0 aliphatic carbocycles. The molecule has 0 saturated heterocycles. The van der Waals surface area contributed by atoms with Crippen molar-refractivity contribution in [3.63, 3.8) is 0 Å². The van der Waals surface area contributed by atoms with Crippen LogP contribution in [0.1, 0.15) is 21.5 Å². The van der Waals surface area contributed by atoms with Crippen LogP contribution in [0.15, 0.2) is 54.6 Å². The Balaban J connectivity index is 1.95. The van der Waals surface area contributed by atoms with Crippen LogP contribution in [0.2, 0.25) is 0 Å². The molecule has 0 heterocycles. The molecule has 2 rings (SSSR count). The van der Waals surface area contributed by atoms with Gasteiger partial charge in [0.05, 0.1) is 0 Å². The average molecular weight is 270 g/mol. The minimum absolute atomic E-state index is 0.410. The number of rotatable bonds is 4. The lowest BCUT2D eigenvalue weighted by atomic mass is 10.1. The van der Waals surface area contributed by atoms with Gasteiger partial charge in [0.1, 0.15) is 0 Å². The number of hydrogen-bond acceptors (Lipinski definition) is 3. The van der Waals surface area contributed by atoms with Crippen molar-refractivity contribution in [3.8, 4) is 0 Å². The smallest absolute Gasteiger partial charge is 0.260 e. The number of benzene rings is 2. The fourth-order valence-electron chi connectivity index (χ4n) is 1.61. The van der Waals surface area contributed by atoms with Crippen LogP contribution in [0, 0.1) is 6.92 Å². The van der Waals surface area contributed by atoms with Crippen molar-refractivity contribution in [2.24, 2.45) is 0 Å². The lowest BCUT2D eigenvalue weighted by Crippen LogP contribution is -2.10. The highest BCUT2D eigenvalue weighted by atomic mass is 32.2. The van der Waals surface area contributed by atoms with Crippen LogP contribution in [-0.4, -0.2) is 10.9 Å². The summed E-state index contributed by atoms with van der Waals surface area (Å²) in [6.45, 7) is 2.01. The summed E-state index contributed by atoms with van der Waals surface area (Å²) in [6, 6.07) is 16.6. The molecular weight excluding hydrogens is 256 g/mol. The molecule has 0 bridgehead atoms. The Morgan fingerprint density at radius 3 is 2.21 bits per heavy atom. The first-order chi connectivity index (χ1) is 9.16. The summed E-state index contributed by atoms with van der Waals surface area (Å²) in [7, 11) is 0. The van der Waals surface area contributed by atoms with Gasteiger partial charge in [-0.15, -0.1) is 0 Å². The monoisotopic (exact) mass is 270 g/mol. The number of ketones is 1. The molecule has 0 unspecified atom stereocenters. The molecule has 0 aromatic heterocycles. The van der Waals surface area contributed by atoms with Crippen LogP contribution in [0.5, 0.6) is 0 Å². The Kier molecular flexibility index (Phi) is 4.53. The molecule has 96 valence electrons. The van der Waals surface area contributed by atoms with Gasteiger partial charge in [-0.25, -0.2) is 0 Å². The normalized spacial score (nSPS) is 10.2. The Bertz CT molecular complexity index is 573. The highest BCUT2D eigenvalue weighted by molar-refractivity contribution is 8.14. The van der Waals surface area contributed by atoms with E-state index in [1.807, 2.05) is 37.3 Å². The van der Waals surface area contributed by atoms with Gasteiger partial charge >= 0.3 is 0 Å². The molecule has 0 spiro atoms. The predicted octanol–water partition coefficient (Wildman–Crippen LogP) is 3.64. The van der Waals surface area contributed by atoms with Crippen molar-refractivity contribution < 1.29 is 9.59 Å². The van der Waals surface area contributed by atoms with Crippen LogP contribution < -0.4 is 0 Å². The first-order valence-electron chi connectivity index (χ1n) is 5.99. The van der Waals surface area contributed by atoms with Gasteiger partial charge < -0.3 is 0 Å².